The zero-order valence-electron chi connectivity index (χ0n) is 11.5. The molecule has 2 N–H and O–H groups in total. The van der Waals surface area contributed by atoms with Crippen molar-refractivity contribution in [2.45, 2.75) is 44.0 Å². The lowest BCUT2D eigenvalue weighted by Gasteiger charge is -2.34. The van der Waals surface area contributed by atoms with Crippen molar-refractivity contribution in [3.63, 3.8) is 0 Å². The third-order valence-corrected chi connectivity index (χ3v) is 5.64. The van der Waals surface area contributed by atoms with Gasteiger partial charge in [-0.3, -0.25) is 5.10 Å². The fourth-order valence-corrected chi connectivity index (χ4v) is 4.34. The molecule has 7 heteroatoms. The molecular weight excluding hydrogens is 264 g/mol. The number of rotatable bonds is 5. The molecular formula is C12H22N4O2S. The van der Waals surface area contributed by atoms with E-state index in [-0.39, 0.29) is 6.04 Å². The molecule has 0 saturated carbocycles. The first kappa shape index (κ1) is 14.5. The monoisotopic (exact) mass is 286 g/mol. The molecule has 1 aromatic heterocycles. The zero-order valence-corrected chi connectivity index (χ0v) is 12.3. The van der Waals surface area contributed by atoms with Gasteiger partial charge in [-0.25, -0.2) is 8.42 Å². The summed E-state index contributed by atoms with van der Waals surface area (Å²) in [7, 11) is -3.43. The predicted molar refractivity (Wildman–Crippen MR) is 73.4 cm³/mol. The number of aromatic amines is 1. The lowest BCUT2D eigenvalue weighted by molar-refractivity contribution is 0.246. The van der Waals surface area contributed by atoms with Crippen molar-refractivity contribution in [2.75, 3.05) is 19.6 Å². The second kappa shape index (κ2) is 6.02. The number of H-pyrrole nitrogens is 1. The van der Waals surface area contributed by atoms with Gasteiger partial charge in [0, 0.05) is 19.1 Å². The van der Waals surface area contributed by atoms with Gasteiger partial charge in [-0.15, -0.1) is 0 Å². The molecule has 1 aliphatic heterocycles. The maximum absolute atomic E-state index is 12.7. The van der Waals surface area contributed by atoms with Crippen LogP contribution in [0.3, 0.4) is 0 Å². The summed E-state index contributed by atoms with van der Waals surface area (Å²) < 4.78 is 27.0. The first-order valence-electron chi connectivity index (χ1n) is 6.80. The molecule has 1 fully saturated rings. The van der Waals surface area contributed by atoms with Crippen molar-refractivity contribution < 1.29 is 8.42 Å². The van der Waals surface area contributed by atoms with Crippen LogP contribution in [0.15, 0.2) is 11.1 Å². The normalized spacial score (nSPS) is 21.7. The van der Waals surface area contributed by atoms with E-state index in [0.717, 1.165) is 25.8 Å². The van der Waals surface area contributed by atoms with Crippen LogP contribution >= 0.6 is 0 Å². The Bertz CT molecular complexity index is 512. The molecule has 19 heavy (non-hydrogen) atoms. The molecule has 0 bridgehead atoms. The highest BCUT2D eigenvalue weighted by Gasteiger charge is 2.34. The Labute approximate surface area is 114 Å². The van der Waals surface area contributed by atoms with Gasteiger partial charge in [-0.2, -0.15) is 9.40 Å². The molecule has 0 radical (unpaired) electrons. The Morgan fingerprint density at radius 2 is 2.32 bits per heavy atom. The minimum absolute atomic E-state index is 0.0491. The van der Waals surface area contributed by atoms with E-state index in [1.54, 1.807) is 11.2 Å². The Morgan fingerprint density at radius 1 is 1.53 bits per heavy atom. The Hall–Kier alpha value is -0.920. The average Bonchev–Trinajstić information content (AvgIpc) is 2.83. The van der Waals surface area contributed by atoms with E-state index in [1.807, 2.05) is 6.92 Å². The highest BCUT2D eigenvalue weighted by Crippen LogP contribution is 2.25. The van der Waals surface area contributed by atoms with Crippen molar-refractivity contribution in [3.8, 4) is 0 Å². The van der Waals surface area contributed by atoms with Gasteiger partial charge in [0.25, 0.3) is 0 Å². The maximum atomic E-state index is 12.7. The summed E-state index contributed by atoms with van der Waals surface area (Å²) in [6.07, 6.45) is 4.35. The van der Waals surface area contributed by atoms with Crippen LogP contribution in [0.5, 0.6) is 0 Å². The molecule has 1 saturated heterocycles. The summed E-state index contributed by atoms with van der Waals surface area (Å²) >= 11 is 0. The van der Waals surface area contributed by atoms with Gasteiger partial charge in [0.1, 0.15) is 4.90 Å². The molecule has 0 aromatic carbocycles. The summed E-state index contributed by atoms with van der Waals surface area (Å²) in [4.78, 5) is 0.302. The van der Waals surface area contributed by atoms with Crippen molar-refractivity contribution in [3.05, 3.63) is 11.9 Å². The van der Waals surface area contributed by atoms with Gasteiger partial charge < -0.3 is 5.32 Å². The molecule has 2 heterocycles. The molecule has 1 atom stereocenters. The number of aromatic nitrogens is 2. The smallest absolute Gasteiger partial charge is 0.246 e. The second-order valence-electron chi connectivity index (χ2n) is 4.93. The van der Waals surface area contributed by atoms with Crippen LogP contribution in [-0.4, -0.2) is 48.6 Å². The summed E-state index contributed by atoms with van der Waals surface area (Å²) in [5, 5.41) is 9.77. The third kappa shape index (κ3) is 2.98. The minimum Gasteiger partial charge on any atom is -0.315 e. The minimum atomic E-state index is -3.43. The Morgan fingerprint density at radius 3 is 2.95 bits per heavy atom. The summed E-state index contributed by atoms with van der Waals surface area (Å²) in [6, 6.07) is 0.0491. The highest BCUT2D eigenvalue weighted by molar-refractivity contribution is 7.89. The van der Waals surface area contributed by atoms with Gasteiger partial charge in [-0.1, -0.05) is 13.3 Å². The van der Waals surface area contributed by atoms with Crippen LogP contribution in [0.1, 0.15) is 31.9 Å². The van der Waals surface area contributed by atoms with E-state index in [0.29, 0.717) is 23.7 Å². The largest absolute Gasteiger partial charge is 0.315 e. The number of hydrogen-bond acceptors (Lipinski definition) is 4. The number of likely N-dealkylation sites (N-methyl/N-ethyl adjacent to an activating group) is 1. The second-order valence-corrected chi connectivity index (χ2v) is 6.79. The molecule has 1 unspecified atom stereocenters. The summed E-state index contributed by atoms with van der Waals surface area (Å²) in [5.74, 6) is 0. The topological polar surface area (TPSA) is 78.1 Å². The third-order valence-electron chi connectivity index (χ3n) is 3.57. The van der Waals surface area contributed by atoms with Crippen LogP contribution < -0.4 is 5.32 Å². The van der Waals surface area contributed by atoms with Crippen LogP contribution in [0, 0.1) is 6.92 Å². The van der Waals surface area contributed by atoms with Crippen molar-refractivity contribution in [2.24, 2.45) is 0 Å². The highest BCUT2D eigenvalue weighted by atomic mass is 32.2. The first-order chi connectivity index (χ1) is 9.07. The summed E-state index contributed by atoms with van der Waals surface area (Å²) in [6.45, 7) is 5.94. The van der Waals surface area contributed by atoms with Gasteiger partial charge in [-0.05, 0) is 26.3 Å². The van der Waals surface area contributed by atoms with E-state index in [1.165, 1.54) is 6.20 Å². The SMILES string of the molecule is CCNCC1CCCCN1S(=O)(=O)c1cn[nH]c1C. The fraction of sp³-hybridized carbons (Fsp3) is 0.750. The fourth-order valence-electron chi connectivity index (χ4n) is 2.53. The number of piperidine rings is 1. The molecule has 1 aliphatic rings. The maximum Gasteiger partial charge on any atom is 0.246 e. The average molecular weight is 286 g/mol. The lowest BCUT2D eigenvalue weighted by Crippen LogP contribution is -2.48. The van der Waals surface area contributed by atoms with Crippen molar-refractivity contribution >= 4 is 10.0 Å². The van der Waals surface area contributed by atoms with E-state index in [2.05, 4.69) is 15.5 Å². The lowest BCUT2D eigenvalue weighted by atomic mass is 10.1. The number of nitrogens with zero attached hydrogens (tertiary/aromatic N) is 2. The van der Waals surface area contributed by atoms with Crippen LogP contribution in [0.2, 0.25) is 0 Å². The molecule has 6 nitrogen and oxygen atoms in total. The van der Waals surface area contributed by atoms with Crippen molar-refractivity contribution in [1.29, 1.82) is 0 Å². The van der Waals surface area contributed by atoms with Crippen LogP contribution in [-0.2, 0) is 10.0 Å². The molecule has 0 aliphatic carbocycles. The predicted octanol–water partition coefficient (Wildman–Crippen LogP) is 0.871. The van der Waals surface area contributed by atoms with Gasteiger partial charge >= 0.3 is 0 Å². The van der Waals surface area contributed by atoms with E-state index in [9.17, 15) is 8.42 Å². The number of hydrogen-bond donors (Lipinski definition) is 2. The van der Waals surface area contributed by atoms with Crippen molar-refractivity contribution in [1.82, 2.24) is 19.8 Å². The van der Waals surface area contributed by atoms with E-state index in [4.69, 9.17) is 0 Å². The Kier molecular flexibility index (Phi) is 4.59. The summed E-state index contributed by atoms with van der Waals surface area (Å²) in [5.41, 5.74) is 0.604. The molecule has 1 aromatic rings. The standard InChI is InChI=1S/C12H22N4O2S/c1-3-13-8-11-6-4-5-7-16(11)19(17,18)12-9-14-15-10(12)2/h9,11,13H,3-8H2,1-2H3,(H,14,15). The zero-order chi connectivity index (χ0) is 13.9. The van der Waals surface area contributed by atoms with Gasteiger partial charge in [0.05, 0.1) is 11.9 Å². The molecule has 108 valence electrons. The van der Waals surface area contributed by atoms with E-state index >= 15 is 0 Å². The first-order valence-corrected chi connectivity index (χ1v) is 8.24. The molecule has 0 amide bonds. The van der Waals surface area contributed by atoms with Gasteiger partial charge in [0.15, 0.2) is 0 Å². The van der Waals surface area contributed by atoms with E-state index < -0.39 is 10.0 Å². The number of sulfonamides is 1. The van der Waals surface area contributed by atoms with Crippen LogP contribution in [0.25, 0.3) is 0 Å². The molecule has 0 spiro atoms. The van der Waals surface area contributed by atoms with Gasteiger partial charge in [0.2, 0.25) is 10.0 Å². The molecule has 2 rings (SSSR count). The quantitative estimate of drug-likeness (QED) is 0.842. The number of aryl methyl sites for hydroxylation is 1. The van der Waals surface area contributed by atoms with Crippen LogP contribution in [0.4, 0.5) is 0 Å². The number of nitrogens with one attached hydrogen (secondary N) is 2. The Balaban J connectivity index is 2.24.